The summed E-state index contributed by atoms with van der Waals surface area (Å²) in [6.45, 7) is 4.44. The number of phosphoric acid groups is 1. The van der Waals surface area contributed by atoms with Crippen LogP contribution in [0.15, 0.2) is 0 Å². The minimum absolute atomic E-state index is 0.0366. The van der Waals surface area contributed by atoms with Crippen molar-refractivity contribution in [1.82, 2.24) is 0 Å². The summed E-state index contributed by atoms with van der Waals surface area (Å²) in [5.74, 6) is -0.787. The molecule has 9 nitrogen and oxygen atoms in total. The molecule has 0 radical (unpaired) electrons. The van der Waals surface area contributed by atoms with Gasteiger partial charge in [0.15, 0.2) is 6.10 Å². The lowest BCUT2D eigenvalue weighted by molar-refractivity contribution is -0.870. The van der Waals surface area contributed by atoms with Crippen molar-refractivity contribution in [2.75, 3.05) is 47.5 Å². The molecule has 0 saturated carbocycles. The Morgan fingerprint density at radius 1 is 0.519 bits per heavy atom. The van der Waals surface area contributed by atoms with E-state index in [1.807, 2.05) is 21.1 Å². The molecule has 1 N–H and O–H groups in total. The van der Waals surface area contributed by atoms with Crippen molar-refractivity contribution >= 4 is 19.8 Å². The summed E-state index contributed by atoms with van der Waals surface area (Å²) in [6, 6.07) is 0. The van der Waals surface area contributed by atoms with Gasteiger partial charge in [0, 0.05) is 12.8 Å². The average Bonchev–Trinajstić information content (AvgIpc) is 3.09. The van der Waals surface area contributed by atoms with Gasteiger partial charge in [0.25, 0.3) is 0 Å². The third kappa shape index (κ3) is 38.7. The van der Waals surface area contributed by atoms with Gasteiger partial charge in [-0.05, 0) is 12.8 Å². The van der Waals surface area contributed by atoms with Gasteiger partial charge in [0.1, 0.15) is 19.8 Å². The topological polar surface area (TPSA) is 108 Å². The van der Waals surface area contributed by atoms with Crippen LogP contribution in [0.3, 0.4) is 0 Å². The Kier molecular flexibility index (Phi) is 35.0. The van der Waals surface area contributed by atoms with Crippen molar-refractivity contribution in [2.24, 2.45) is 0 Å². The number of hydrogen-bond donors (Lipinski definition) is 1. The highest BCUT2D eigenvalue weighted by Crippen LogP contribution is 2.43. The van der Waals surface area contributed by atoms with E-state index in [2.05, 4.69) is 13.8 Å². The zero-order valence-electron chi connectivity index (χ0n) is 34.8. The molecule has 1 unspecified atom stereocenters. The number of phosphoric ester groups is 1. The predicted molar refractivity (Wildman–Crippen MR) is 215 cm³/mol. The van der Waals surface area contributed by atoms with E-state index >= 15 is 0 Å². The Morgan fingerprint density at radius 3 is 1.23 bits per heavy atom. The number of esters is 2. The second-order valence-corrected chi connectivity index (χ2v) is 17.6. The fraction of sp³-hybridized carbons (Fsp3) is 0.952. The number of quaternary nitrogens is 1. The molecular weight excluding hydrogens is 677 g/mol. The van der Waals surface area contributed by atoms with E-state index in [1.54, 1.807) is 0 Å². The monoisotopic (exact) mass is 763 g/mol. The van der Waals surface area contributed by atoms with E-state index < -0.39 is 26.5 Å². The van der Waals surface area contributed by atoms with Crippen molar-refractivity contribution in [3.8, 4) is 0 Å². The molecule has 0 aliphatic rings. The van der Waals surface area contributed by atoms with E-state index in [0.717, 1.165) is 32.1 Å². The number of likely N-dealkylation sites (N-methyl/N-ethyl adjacent to an activating group) is 1. The Balaban J connectivity index is 4.24. The summed E-state index contributed by atoms with van der Waals surface area (Å²) in [7, 11) is 1.49. The molecule has 0 bridgehead atoms. The molecule has 0 aromatic carbocycles. The van der Waals surface area contributed by atoms with E-state index in [0.29, 0.717) is 23.9 Å². The van der Waals surface area contributed by atoms with Crippen LogP contribution in [0.1, 0.15) is 206 Å². The second-order valence-electron chi connectivity index (χ2n) is 16.1. The SMILES string of the molecule is CCCCCCCCCCCCCCCCCCCCC(=O)OC[C@@H](COP(=O)(O)OCC[N+](C)(C)C)OC(=O)CCCCCCCCCCCC. The molecule has 0 aromatic heterocycles. The van der Waals surface area contributed by atoms with Gasteiger partial charge < -0.3 is 18.9 Å². The van der Waals surface area contributed by atoms with Crippen LogP contribution < -0.4 is 0 Å². The number of carbonyl (C=O) groups excluding carboxylic acids is 2. The van der Waals surface area contributed by atoms with Crippen LogP contribution in [0.2, 0.25) is 0 Å². The van der Waals surface area contributed by atoms with Gasteiger partial charge in [0.2, 0.25) is 0 Å². The molecular formula is C42H85NO8P+. The van der Waals surface area contributed by atoms with E-state index in [9.17, 15) is 19.0 Å². The molecule has 0 aliphatic heterocycles. The average molecular weight is 763 g/mol. The van der Waals surface area contributed by atoms with Crippen LogP contribution in [0.4, 0.5) is 0 Å². The zero-order valence-corrected chi connectivity index (χ0v) is 35.7. The molecule has 2 atom stereocenters. The van der Waals surface area contributed by atoms with Gasteiger partial charge in [0.05, 0.1) is 27.7 Å². The first-order valence-corrected chi connectivity index (χ1v) is 23.3. The number of ether oxygens (including phenoxy) is 2. The lowest BCUT2D eigenvalue weighted by Crippen LogP contribution is -2.37. The smallest absolute Gasteiger partial charge is 0.462 e. The molecule has 0 heterocycles. The van der Waals surface area contributed by atoms with Crippen molar-refractivity contribution in [3.05, 3.63) is 0 Å². The van der Waals surface area contributed by atoms with Gasteiger partial charge in [-0.25, -0.2) is 4.57 Å². The maximum Gasteiger partial charge on any atom is 0.472 e. The first-order chi connectivity index (χ1) is 25.0. The van der Waals surface area contributed by atoms with E-state index in [4.69, 9.17) is 18.5 Å². The third-order valence-corrected chi connectivity index (χ3v) is 10.6. The van der Waals surface area contributed by atoms with Crippen LogP contribution in [0.5, 0.6) is 0 Å². The first-order valence-electron chi connectivity index (χ1n) is 21.8. The largest absolute Gasteiger partial charge is 0.472 e. The molecule has 0 aromatic rings. The molecule has 310 valence electrons. The minimum Gasteiger partial charge on any atom is -0.462 e. The number of rotatable bonds is 40. The highest BCUT2D eigenvalue weighted by Gasteiger charge is 2.27. The molecule has 0 aliphatic carbocycles. The summed E-state index contributed by atoms with van der Waals surface area (Å²) in [5.41, 5.74) is 0. The van der Waals surface area contributed by atoms with E-state index in [-0.39, 0.29) is 25.6 Å². The summed E-state index contributed by atoms with van der Waals surface area (Å²) < 4.78 is 34.2. The third-order valence-electron chi connectivity index (χ3n) is 9.64. The van der Waals surface area contributed by atoms with Crippen molar-refractivity contribution < 1.29 is 42.1 Å². The number of unbranched alkanes of at least 4 members (excludes halogenated alkanes) is 26. The van der Waals surface area contributed by atoms with Gasteiger partial charge in [-0.1, -0.05) is 181 Å². The van der Waals surface area contributed by atoms with Crippen LogP contribution in [-0.4, -0.2) is 74.9 Å². The molecule has 52 heavy (non-hydrogen) atoms. The van der Waals surface area contributed by atoms with Gasteiger partial charge >= 0.3 is 19.8 Å². The summed E-state index contributed by atoms with van der Waals surface area (Å²) >= 11 is 0. The molecule has 0 spiro atoms. The number of carbonyl (C=O) groups is 2. The van der Waals surface area contributed by atoms with Crippen molar-refractivity contribution in [1.29, 1.82) is 0 Å². The van der Waals surface area contributed by atoms with Gasteiger partial charge in [-0.3, -0.25) is 18.6 Å². The Bertz CT molecular complexity index is 865. The predicted octanol–water partition coefficient (Wildman–Crippen LogP) is 12.0. The van der Waals surface area contributed by atoms with Gasteiger partial charge in [-0.2, -0.15) is 0 Å². The van der Waals surface area contributed by atoms with Crippen molar-refractivity contribution in [2.45, 2.75) is 213 Å². The summed E-state index contributed by atoms with van der Waals surface area (Å²) in [6.07, 6.45) is 34.4. The summed E-state index contributed by atoms with van der Waals surface area (Å²) in [4.78, 5) is 35.2. The minimum atomic E-state index is -4.36. The van der Waals surface area contributed by atoms with Crippen LogP contribution in [0.25, 0.3) is 0 Å². The summed E-state index contributed by atoms with van der Waals surface area (Å²) in [5, 5.41) is 0. The Labute approximate surface area is 321 Å². The molecule has 10 heteroatoms. The molecule has 0 amide bonds. The highest BCUT2D eigenvalue weighted by molar-refractivity contribution is 7.47. The lowest BCUT2D eigenvalue weighted by atomic mass is 10.0. The van der Waals surface area contributed by atoms with Crippen LogP contribution >= 0.6 is 7.82 Å². The maximum atomic E-state index is 12.6. The quantitative estimate of drug-likeness (QED) is 0.0284. The van der Waals surface area contributed by atoms with Crippen LogP contribution in [-0.2, 0) is 32.7 Å². The normalized spacial score (nSPS) is 13.6. The fourth-order valence-electron chi connectivity index (χ4n) is 6.19. The van der Waals surface area contributed by atoms with Crippen LogP contribution in [0, 0.1) is 0 Å². The second kappa shape index (κ2) is 35.7. The lowest BCUT2D eigenvalue weighted by Gasteiger charge is -2.24. The highest BCUT2D eigenvalue weighted by atomic mass is 31.2. The Morgan fingerprint density at radius 2 is 0.865 bits per heavy atom. The maximum absolute atomic E-state index is 12.6. The number of hydrogen-bond acceptors (Lipinski definition) is 7. The standard InChI is InChI=1S/C42H84NO8P/c1-6-8-10-12-14-16-18-19-20-21-22-23-24-25-27-28-30-32-34-41(44)48-38-40(39-50-52(46,47)49-37-36-43(3,4)5)51-42(45)35-33-31-29-26-17-15-13-11-9-7-2/h40H,6-39H2,1-5H3/p+1/t40-/m0/s1. The molecule has 0 saturated heterocycles. The van der Waals surface area contributed by atoms with Crippen molar-refractivity contribution in [3.63, 3.8) is 0 Å². The Hall–Kier alpha value is -0.990. The molecule has 0 rings (SSSR count). The van der Waals surface area contributed by atoms with Gasteiger partial charge in [-0.15, -0.1) is 0 Å². The fourth-order valence-corrected chi connectivity index (χ4v) is 6.93. The zero-order chi connectivity index (χ0) is 38.6. The first kappa shape index (κ1) is 51.0. The molecule has 0 fully saturated rings. The van der Waals surface area contributed by atoms with E-state index in [1.165, 1.54) is 141 Å². The number of nitrogens with zero attached hydrogens (tertiary/aromatic N) is 1.